The number of carbonyl (C=O) groups excluding carboxylic acids is 2. The van der Waals surface area contributed by atoms with E-state index in [-0.39, 0.29) is 11.8 Å². The smallest absolute Gasteiger partial charge is 0.282 e. The quantitative estimate of drug-likeness (QED) is 0.466. The van der Waals surface area contributed by atoms with E-state index in [4.69, 9.17) is 4.74 Å². The van der Waals surface area contributed by atoms with Gasteiger partial charge in [0.05, 0.1) is 17.9 Å². The Kier molecular flexibility index (Phi) is 6.15. The minimum Gasteiger partial charge on any atom is -0.493 e. The number of hydrogen-bond acceptors (Lipinski definition) is 5. The molecule has 3 aromatic rings. The van der Waals surface area contributed by atoms with Crippen LogP contribution in [0.3, 0.4) is 0 Å². The summed E-state index contributed by atoms with van der Waals surface area (Å²) in [6.45, 7) is 8.83. The van der Waals surface area contributed by atoms with E-state index >= 15 is 0 Å². The molecule has 5 nitrogen and oxygen atoms in total. The predicted octanol–water partition coefficient (Wildman–Crippen LogP) is 5.80. The van der Waals surface area contributed by atoms with Crippen molar-refractivity contribution in [1.29, 1.82) is 0 Å². The molecule has 0 atom stereocenters. The highest BCUT2D eigenvalue weighted by atomic mass is 32.1. The van der Waals surface area contributed by atoms with Gasteiger partial charge in [-0.3, -0.25) is 9.59 Å². The molecule has 1 aliphatic heterocycles. The van der Waals surface area contributed by atoms with Crippen molar-refractivity contribution >= 4 is 40.1 Å². The zero-order valence-corrected chi connectivity index (χ0v) is 19.5. The van der Waals surface area contributed by atoms with Gasteiger partial charge in [-0.05, 0) is 78.7 Å². The van der Waals surface area contributed by atoms with E-state index in [1.807, 2.05) is 49.6 Å². The average Bonchev–Trinajstić information content (AvgIpc) is 3.36. The molecule has 0 bridgehead atoms. The lowest BCUT2D eigenvalue weighted by molar-refractivity contribution is -0.120. The summed E-state index contributed by atoms with van der Waals surface area (Å²) >= 11 is 1.44. The first-order chi connectivity index (χ1) is 15.3. The van der Waals surface area contributed by atoms with Crippen LogP contribution in [0.25, 0.3) is 5.57 Å². The molecule has 4 rings (SSSR count). The summed E-state index contributed by atoms with van der Waals surface area (Å²) in [7, 11) is 0. The third-order valence-corrected chi connectivity index (χ3v) is 6.19. The molecule has 0 saturated heterocycles. The highest BCUT2D eigenvalue weighted by Crippen LogP contribution is 2.36. The van der Waals surface area contributed by atoms with Crippen LogP contribution < -0.4 is 15.0 Å². The summed E-state index contributed by atoms with van der Waals surface area (Å²) in [6.07, 6.45) is 0. The second-order valence-electron chi connectivity index (χ2n) is 8.30. The first-order valence-corrected chi connectivity index (χ1v) is 11.5. The van der Waals surface area contributed by atoms with Gasteiger partial charge in [-0.1, -0.05) is 26.0 Å². The van der Waals surface area contributed by atoms with Crippen LogP contribution in [0.5, 0.6) is 5.75 Å². The Bertz CT molecular complexity index is 1180. The number of thiophene rings is 1. The predicted molar refractivity (Wildman–Crippen MR) is 130 cm³/mol. The summed E-state index contributed by atoms with van der Waals surface area (Å²) in [5.74, 6) is 0.418. The lowest BCUT2D eigenvalue weighted by Gasteiger charge is -2.16. The maximum Gasteiger partial charge on any atom is 0.282 e. The first kappa shape index (κ1) is 21.8. The number of nitrogens with zero attached hydrogens (tertiary/aromatic N) is 1. The molecule has 0 fully saturated rings. The highest BCUT2D eigenvalue weighted by Gasteiger charge is 2.40. The molecule has 0 radical (unpaired) electrons. The minimum atomic E-state index is -0.368. The lowest BCUT2D eigenvalue weighted by Crippen LogP contribution is -2.32. The minimum absolute atomic E-state index is 0.292. The van der Waals surface area contributed by atoms with Crippen LogP contribution in [0, 0.1) is 19.8 Å². The maximum absolute atomic E-state index is 13.4. The van der Waals surface area contributed by atoms with E-state index in [9.17, 15) is 9.59 Å². The Balaban J connectivity index is 1.67. The van der Waals surface area contributed by atoms with Crippen molar-refractivity contribution in [3.63, 3.8) is 0 Å². The molecule has 1 N–H and O–H groups in total. The number of imide groups is 1. The van der Waals surface area contributed by atoms with Gasteiger partial charge in [0, 0.05) is 10.6 Å². The molecule has 0 spiro atoms. The fraction of sp³-hybridized carbons (Fsp3) is 0.231. The largest absolute Gasteiger partial charge is 0.493 e. The number of hydrogen-bond donors (Lipinski definition) is 1. The van der Waals surface area contributed by atoms with E-state index in [1.54, 1.807) is 24.3 Å². The number of nitrogens with one attached hydrogen (secondary N) is 1. The van der Waals surface area contributed by atoms with E-state index in [1.165, 1.54) is 21.8 Å². The number of anilines is 2. The summed E-state index contributed by atoms with van der Waals surface area (Å²) in [6, 6.07) is 16.7. The Morgan fingerprint density at radius 3 is 2.34 bits per heavy atom. The molecule has 1 aromatic heterocycles. The average molecular weight is 447 g/mol. The normalized spacial score (nSPS) is 14.0. The number of rotatable bonds is 7. The number of amides is 2. The molecule has 2 amide bonds. The number of benzene rings is 2. The second-order valence-corrected chi connectivity index (χ2v) is 9.24. The van der Waals surface area contributed by atoms with E-state index in [0.717, 1.165) is 16.1 Å². The number of carbonyl (C=O) groups is 2. The van der Waals surface area contributed by atoms with Crippen molar-refractivity contribution in [2.75, 3.05) is 16.8 Å². The SMILES string of the molecule is Cc1ccc(NC2=C(c3cccs3)C(=O)N(c3ccc(OCC(C)C)cc3)C2=O)cc1C. The lowest BCUT2D eigenvalue weighted by atomic mass is 10.1. The number of aryl methyl sites for hydroxylation is 2. The van der Waals surface area contributed by atoms with Gasteiger partial charge in [0.25, 0.3) is 11.8 Å². The molecular weight excluding hydrogens is 420 g/mol. The van der Waals surface area contributed by atoms with E-state index < -0.39 is 0 Å². The fourth-order valence-electron chi connectivity index (χ4n) is 3.45. The van der Waals surface area contributed by atoms with Gasteiger partial charge < -0.3 is 10.1 Å². The third kappa shape index (κ3) is 4.32. The first-order valence-electron chi connectivity index (χ1n) is 10.6. The molecule has 32 heavy (non-hydrogen) atoms. The molecule has 0 aliphatic carbocycles. The Labute approximate surface area is 192 Å². The zero-order chi connectivity index (χ0) is 22.8. The van der Waals surface area contributed by atoms with Crippen LogP contribution in [-0.2, 0) is 9.59 Å². The monoisotopic (exact) mass is 446 g/mol. The van der Waals surface area contributed by atoms with Crippen molar-refractivity contribution in [2.24, 2.45) is 5.92 Å². The van der Waals surface area contributed by atoms with Gasteiger partial charge in [0.1, 0.15) is 11.4 Å². The highest BCUT2D eigenvalue weighted by molar-refractivity contribution is 7.11. The standard InChI is InChI=1S/C26H26N2O3S/c1-16(2)15-31-21-11-9-20(10-12-21)28-25(29)23(22-6-5-13-32-22)24(26(28)30)27-19-8-7-17(3)18(4)14-19/h5-14,16,27H,15H2,1-4H3. The van der Waals surface area contributed by atoms with Crippen LogP contribution in [0.4, 0.5) is 11.4 Å². The molecule has 2 aromatic carbocycles. The molecule has 2 heterocycles. The van der Waals surface area contributed by atoms with E-state index in [0.29, 0.717) is 35.2 Å². The van der Waals surface area contributed by atoms with Gasteiger partial charge in [-0.15, -0.1) is 11.3 Å². The Hall–Kier alpha value is -3.38. The second kappa shape index (κ2) is 9.01. The van der Waals surface area contributed by atoms with Crippen molar-refractivity contribution in [1.82, 2.24) is 0 Å². The van der Waals surface area contributed by atoms with Crippen molar-refractivity contribution < 1.29 is 14.3 Å². The van der Waals surface area contributed by atoms with Gasteiger partial charge in [0.15, 0.2) is 0 Å². The summed E-state index contributed by atoms with van der Waals surface area (Å²) in [5, 5.41) is 5.12. The maximum atomic E-state index is 13.4. The van der Waals surface area contributed by atoms with Crippen molar-refractivity contribution in [2.45, 2.75) is 27.7 Å². The topological polar surface area (TPSA) is 58.6 Å². The van der Waals surface area contributed by atoms with E-state index in [2.05, 4.69) is 19.2 Å². The van der Waals surface area contributed by atoms with Crippen LogP contribution in [0.15, 0.2) is 65.7 Å². The van der Waals surface area contributed by atoms with Crippen LogP contribution >= 0.6 is 11.3 Å². The molecular formula is C26H26N2O3S. The number of ether oxygens (including phenoxy) is 1. The van der Waals surface area contributed by atoms with Crippen LogP contribution in [0.2, 0.25) is 0 Å². The molecule has 6 heteroatoms. The van der Waals surface area contributed by atoms with Crippen LogP contribution in [0.1, 0.15) is 29.9 Å². The van der Waals surface area contributed by atoms with Gasteiger partial charge >= 0.3 is 0 Å². The molecule has 1 aliphatic rings. The van der Waals surface area contributed by atoms with Gasteiger partial charge in [-0.2, -0.15) is 0 Å². The summed E-state index contributed by atoms with van der Waals surface area (Å²) < 4.78 is 5.73. The third-order valence-electron chi connectivity index (χ3n) is 5.31. The molecule has 0 unspecified atom stereocenters. The zero-order valence-electron chi connectivity index (χ0n) is 18.6. The van der Waals surface area contributed by atoms with Crippen molar-refractivity contribution in [3.8, 4) is 5.75 Å². The van der Waals surface area contributed by atoms with Crippen molar-refractivity contribution in [3.05, 3.63) is 81.7 Å². The fourth-order valence-corrected chi connectivity index (χ4v) is 4.22. The molecule has 0 saturated carbocycles. The summed E-state index contributed by atoms with van der Waals surface area (Å²) in [5.41, 5.74) is 4.25. The van der Waals surface area contributed by atoms with Crippen LogP contribution in [-0.4, -0.2) is 18.4 Å². The Morgan fingerprint density at radius 2 is 1.72 bits per heavy atom. The summed E-state index contributed by atoms with van der Waals surface area (Å²) in [4.78, 5) is 28.8. The van der Waals surface area contributed by atoms with Gasteiger partial charge in [0.2, 0.25) is 0 Å². The Morgan fingerprint density at radius 1 is 0.969 bits per heavy atom. The molecule has 164 valence electrons. The van der Waals surface area contributed by atoms with Gasteiger partial charge in [-0.25, -0.2) is 4.90 Å².